The second-order valence-electron chi connectivity index (χ2n) is 8.80. The molecule has 0 bridgehead atoms. The van der Waals surface area contributed by atoms with Crippen LogP contribution in [0.1, 0.15) is 30.9 Å². The lowest BCUT2D eigenvalue weighted by atomic mass is 9.82. The Morgan fingerprint density at radius 2 is 1.49 bits per heavy atom. The quantitative estimate of drug-likeness (QED) is 0.562. The highest BCUT2D eigenvalue weighted by atomic mass is 16.5. The third kappa shape index (κ3) is 4.81. The summed E-state index contributed by atoms with van der Waals surface area (Å²) in [6, 6.07) is 13.3. The molecule has 4 amide bonds. The van der Waals surface area contributed by atoms with Gasteiger partial charge in [-0.25, -0.2) is 4.79 Å². The number of carbonyl (C=O) groups is 3. The van der Waals surface area contributed by atoms with Crippen LogP contribution in [0, 0.1) is 0 Å². The van der Waals surface area contributed by atoms with Crippen molar-refractivity contribution in [3.05, 3.63) is 59.7 Å². The lowest BCUT2D eigenvalue weighted by Crippen LogP contribution is -2.49. The van der Waals surface area contributed by atoms with Crippen molar-refractivity contribution in [1.82, 2.24) is 20.4 Å². The monoisotopic (exact) mass is 480 g/mol. The maximum atomic E-state index is 13.9. The number of benzene rings is 2. The van der Waals surface area contributed by atoms with Gasteiger partial charge in [-0.2, -0.15) is 0 Å². The van der Waals surface area contributed by atoms with Crippen LogP contribution in [0.5, 0.6) is 11.5 Å². The summed E-state index contributed by atoms with van der Waals surface area (Å²) in [5.74, 6) is 0.402. The van der Waals surface area contributed by atoms with Crippen LogP contribution in [-0.4, -0.2) is 74.1 Å². The molecule has 2 saturated heterocycles. The molecule has 0 spiro atoms. The topological polar surface area (TPSA) is 100 Å². The first-order valence-electron chi connectivity index (χ1n) is 11.9. The number of hydrogen-bond acceptors (Lipinski definition) is 6. The van der Waals surface area contributed by atoms with E-state index in [2.05, 4.69) is 22.5 Å². The molecule has 9 nitrogen and oxygen atoms in total. The van der Waals surface area contributed by atoms with Crippen LogP contribution in [-0.2, 0) is 15.1 Å². The van der Waals surface area contributed by atoms with Gasteiger partial charge in [0.2, 0.25) is 5.91 Å². The first kappa shape index (κ1) is 24.5. The smallest absolute Gasteiger partial charge is 0.326 e. The minimum Gasteiger partial charge on any atom is -0.497 e. The Morgan fingerprint density at radius 3 is 1.94 bits per heavy atom. The molecule has 35 heavy (non-hydrogen) atoms. The zero-order valence-corrected chi connectivity index (χ0v) is 20.4. The Labute approximate surface area is 205 Å². The molecular formula is C26H32N4O5. The van der Waals surface area contributed by atoms with Crippen molar-refractivity contribution in [1.29, 1.82) is 0 Å². The molecule has 2 aromatic rings. The number of urea groups is 1. The molecule has 0 atom stereocenters. The molecule has 186 valence electrons. The first-order valence-corrected chi connectivity index (χ1v) is 11.9. The summed E-state index contributed by atoms with van der Waals surface area (Å²) < 4.78 is 10.5. The number of ether oxygens (including phenoxy) is 2. The van der Waals surface area contributed by atoms with E-state index >= 15 is 0 Å². The Morgan fingerprint density at radius 1 is 0.971 bits per heavy atom. The number of amides is 4. The third-order valence-electron chi connectivity index (χ3n) is 6.85. The van der Waals surface area contributed by atoms with Gasteiger partial charge in [-0.3, -0.25) is 14.5 Å². The predicted molar refractivity (Wildman–Crippen MR) is 130 cm³/mol. The van der Waals surface area contributed by atoms with Gasteiger partial charge in [0.1, 0.15) is 18.0 Å². The molecule has 0 unspecified atom stereocenters. The highest BCUT2D eigenvalue weighted by Crippen LogP contribution is 2.37. The van der Waals surface area contributed by atoms with Crippen molar-refractivity contribution in [2.24, 2.45) is 0 Å². The molecule has 0 saturated carbocycles. The van der Waals surface area contributed by atoms with Crippen molar-refractivity contribution < 1.29 is 23.9 Å². The molecule has 2 heterocycles. The SMILES string of the molecule is CCN1CCC(NC(=O)CN2C(=O)NC(c3ccc(OC)cc3)(c3ccc(OC)cc3)C2=O)CC1. The van der Waals surface area contributed by atoms with Gasteiger partial charge in [0.05, 0.1) is 14.2 Å². The number of nitrogens with one attached hydrogen (secondary N) is 2. The minimum absolute atomic E-state index is 0.0407. The molecule has 0 radical (unpaired) electrons. The Bertz CT molecular complexity index is 1010. The van der Waals surface area contributed by atoms with Crippen molar-refractivity contribution in [3.8, 4) is 11.5 Å². The minimum atomic E-state index is -1.47. The summed E-state index contributed by atoms with van der Waals surface area (Å²) in [4.78, 5) is 43.1. The van der Waals surface area contributed by atoms with Crippen LogP contribution >= 0.6 is 0 Å². The number of rotatable bonds is 8. The summed E-state index contributed by atoms with van der Waals surface area (Å²) in [6.45, 7) is 4.61. The molecule has 2 fully saturated rings. The predicted octanol–water partition coefficient (Wildman–Crippen LogP) is 2.10. The van der Waals surface area contributed by atoms with E-state index in [-0.39, 0.29) is 18.5 Å². The van der Waals surface area contributed by atoms with E-state index in [0.29, 0.717) is 22.6 Å². The number of likely N-dealkylation sites (tertiary alicyclic amines) is 1. The van der Waals surface area contributed by atoms with Gasteiger partial charge < -0.3 is 25.0 Å². The van der Waals surface area contributed by atoms with E-state index in [0.717, 1.165) is 37.4 Å². The maximum absolute atomic E-state index is 13.9. The van der Waals surface area contributed by atoms with Crippen LogP contribution in [0.15, 0.2) is 48.5 Å². The number of carbonyl (C=O) groups excluding carboxylic acids is 3. The summed E-state index contributed by atoms with van der Waals surface area (Å²) in [6.07, 6.45) is 1.70. The van der Waals surface area contributed by atoms with E-state index in [1.807, 2.05) is 0 Å². The van der Waals surface area contributed by atoms with Gasteiger partial charge >= 0.3 is 6.03 Å². The largest absolute Gasteiger partial charge is 0.497 e. The summed E-state index contributed by atoms with van der Waals surface area (Å²) >= 11 is 0. The van der Waals surface area contributed by atoms with Crippen molar-refractivity contribution in [2.45, 2.75) is 31.3 Å². The average molecular weight is 481 g/mol. The molecule has 4 rings (SSSR count). The lowest BCUT2D eigenvalue weighted by Gasteiger charge is -2.31. The average Bonchev–Trinajstić information content (AvgIpc) is 3.14. The van der Waals surface area contributed by atoms with Crippen molar-refractivity contribution in [2.75, 3.05) is 40.4 Å². The fourth-order valence-electron chi connectivity index (χ4n) is 4.77. The van der Waals surface area contributed by atoms with Crippen LogP contribution in [0.4, 0.5) is 4.79 Å². The highest BCUT2D eigenvalue weighted by molar-refractivity contribution is 6.11. The van der Waals surface area contributed by atoms with Gasteiger partial charge in [0, 0.05) is 19.1 Å². The molecule has 2 N–H and O–H groups in total. The summed E-state index contributed by atoms with van der Waals surface area (Å²) in [7, 11) is 3.12. The molecule has 0 aromatic heterocycles. The Kier molecular flexibility index (Phi) is 7.25. The summed E-state index contributed by atoms with van der Waals surface area (Å²) in [5.41, 5.74) is -0.337. The standard InChI is InChI=1S/C26H32N4O5/c1-4-29-15-13-20(14-16-29)27-23(31)17-30-24(32)26(28-25(30)33,18-5-9-21(34-2)10-6-18)19-7-11-22(35-3)12-8-19/h5-12,20H,4,13-17H2,1-3H3,(H,27,31)(H,28,33). The molecule has 2 aromatic carbocycles. The van der Waals surface area contributed by atoms with Crippen LogP contribution in [0.2, 0.25) is 0 Å². The van der Waals surface area contributed by atoms with E-state index in [1.165, 1.54) is 0 Å². The Hall–Kier alpha value is -3.59. The van der Waals surface area contributed by atoms with Crippen LogP contribution < -0.4 is 20.1 Å². The normalized spacial score (nSPS) is 18.3. The summed E-state index contributed by atoms with van der Waals surface area (Å²) in [5, 5.41) is 5.86. The fourth-order valence-corrected chi connectivity index (χ4v) is 4.77. The molecule has 0 aliphatic carbocycles. The van der Waals surface area contributed by atoms with Crippen molar-refractivity contribution >= 4 is 17.8 Å². The zero-order valence-electron chi connectivity index (χ0n) is 20.4. The van der Waals surface area contributed by atoms with Crippen LogP contribution in [0.25, 0.3) is 0 Å². The van der Waals surface area contributed by atoms with E-state index < -0.39 is 17.5 Å². The molecular weight excluding hydrogens is 448 g/mol. The Balaban J connectivity index is 1.58. The maximum Gasteiger partial charge on any atom is 0.326 e. The molecule has 9 heteroatoms. The van der Waals surface area contributed by atoms with Gasteiger partial charge in [-0.15, -0.1) is 0 Å². The van der Waals surface area contributed by atoms with E-state index in [9.17, 15) is 14.4 Å². The van der Waals surface area contributed by atoms with E-state index in [4.69, 9.17) is 9.47 Å². The zero-order chi connectivity index (χ0) is 25.0. The number of hydrogen-bond donors (Lipinski definition) is 2. The second kappa shape index (κ2) is 10.4. The molecule has 2 aliphatic rings. The number of imide groups is 1. The van der Waals surface area contributed by atoms with E-state index in [1.54, 1.807) is 62.8 Å². The number of nitrogens with zero attached hydrogens (tertiary/aromatic N) is 2. The first-order chi connectivity index (χ1) is 16.9. The second-order valence-corrected chi connectivity index (χ2v) is 8.80. The lowest BCUT2D eigenvalue weighted by molar-refractivity contribution is -0.134. The molecule has 2 aliphatic heterocycles. The fraction of sp³-hybridized carbons (Fsp3) is 0.423. The highest BCUT2D eigenvalue weighted by Gasteiger charge is 2.54. The van der Waals surface area contributed by atoms with Gasteiger partial charge in [0.15, 0.2) is 5.54 Å². The van der Waals surface area contributed by atoms with Gasteiger partial charge in [-0.05, 0) is 54.8 Å². The number of methoxy groups -OCH3 is 2. The van der Waals surface area contributed by atoms with Crippen molar-refractivity contribution in [3.63, 3.8) is 0 Å². The van der Waals surface area contributed by atoms with Crippen LogP contribution in [0.3, 0.4) is 0 Å². The van der Waals surface area contributed by atoms with Gasteiger partial charge in [-0.1, -0.05) is 31.2 Å². The number of piperidine rings is 1. The third-order valence-corrected chi connectivity index (χ3v) is 6.85. The van der Waals surface area contributed by atoms with Gasteiger partial charge in [0.25, 0.3) is 5.91 Å².